The van der Waals surface area contributed by atoms with Crippen molar-refractivity contribution in [2.45, 2.75) is 11.1 Å². The number of halogens is 3. The lowest BCUT2D eigenvalue weighted by Crippen LogP contribution is -2.04. The summed E-state index contributed by atoms with van der Waals surface area (Å²) in [6, 6.07) is 12.1. The van der Waals surface area contributed by atoms with Crippen molar-refractivity contribution < 1.29 is 21.6 Å². The molecule has 0 aromatic heterocycles. The van der Waals surface area contributed by atoms with E-state index in [2.05, 4.69) is 0 Å². The van der Waals surface area contributed by atoms with E-state index < -0.39 is 21.6 Å². The highest BCUT2D eigenvalue weighted by Crippen LogP contribution is 2.29. The second-order valence-electron chi connectivity index (χ2n) is 4.28. The van der Waals surface area contributed by atoms with Crippen LogP contribution in [0.2, 0.25) is 0 Å². The minimum atomic E-state index is -4.40. The SMILES string of the molecule is O=S(=O)(/C=C/c1ccc(C(F)(F)F)cc1)c1ccccc1. The van der Waals surface area contributed by atoms with Gasteiger partial charge in [0.25, 0.3) is 0 Å². The highest BCUT2D eigenvalue weighted by atomic mass is 32.2. The lowest BCUT2D eigenvalue weighted by atomic mass is 10.1. The van der Waals surface area contributed by atoms with E-state index in [0.29, 0.717) is 5.56 Å². The third-order valence-corrected chi connectivity index (χ3v) is 4.17. The maximum atomic E-state index is 12.4. The molecule has 0 spiro atoms. The van der Waals surface area contributed by atoms with Crippen molar-refractivity contribution in [3.05, 3.63) is 71.1 Å². The van der Waals surface area contributed by atoms with Gasteiger partial charge in [0, 0.05) is 5.41 Å². The van der Waals surface area contributed by atoms with Gasteiger partial charge in [-0.05, 0) is 35.9 Å². The molecule has 6 heteroatoms. The number of hydrogen-bond acceptors (Lipinski definition) is 2. The first kappa shape index (κ1) is 15.3. The third kappa shape index (κ3) is 3.95. The first-order valence-corrected chi connectivity index (χ1v) is 7.49. The minimum Gasteiger partial charge on any atom is -0.219 e. The van der Waals surface area contributed by atoms with Crippen molar-refractivity contribution in [2.75, 3.05) is 0 Å². The molecule has 2 aromatic rings. The van der Waals surface area contributed by atoms with Crippen molar-refractivity contribution in [3.63, 3.8) is 0 Å². The van der Waals surface area contributed by atoms with Crippen LogP contribution < -0.4 is 0 Å². The summed E-state index contributed by atoms with van der Waals surface area (Å²) < 4.78 is 61.1. The maximum Gasteiger partial charge on any atom is 0.416 e. The zero-order valence-electron chi connectivity index (χ0n) is 10.7. The van der Waals surface area contributed by atoms with Crippen LogP contribution in [-0.4, -0.2) is 8.42 Å². The quantitative estimate of drug-likeness (QED) is 0.853. The van der Waals surface area contributed by atoms with Gasteiger partial charge in [0.15, 0.2) is 9.84 Å². The molecule has 0 heterocycles. The third-order valence-electron chi connectivity index (χ3n) is 2.75. The molecule has 0 radical (unpaired) electrons. The second-order valence-corrected chi connectivity index (χ2v) is 6.11. The maximum absolute atomic E-state index is 12.4. The van der Waals surface area contributed by atoms with Crippen molar-refractivity contribution in [2.24, 2.45) is 0 Å². The topological polar surface area (TPSA) is 34.1 Å². The Bertz CT molecular complexity index is 731. The summed E-state index contributed by atoms with van der Waals surface area (Å²) in [5.41, 5.74) is -0.395. The molecule has 0 aliphatic heterocycles. The Labute approximate surface area is 120 Å². The summed E-state index contributed by atoms with van der Waals surface area (Å²) in [6.07, 6.45) is -3.14. The Balaban J connectivity index is 2.22. The monoisotopic (exact) mass is 312 g/mol. The smallest absolute Gasteiger partial charge is 0.219 e. The largest absolute Gasteiger partial charge is 0.416 e. The number of rotatable bonds is 3. The van der Waals surface area contributed by atoms with E-state index in [1.165, 1.54) is 30.3 Å². The molecule has 2 rings (SSSR count). The normalized spacial score (nSPS) is 12.7. The Morgan fingerprint density at radius 1 is 0.857 bits per heavy atom. The van der Waals surface area contributed by atoms with E-state index >= 15 is 0 Å². The predicted octanol–water partition coefficient (Wildman–Crippen LogP) is 4.15. The molecule has 0 fully saturated rings. The van der Waals surface area contributed by atoms with Gasteiger partial charge < -0.3 is 0 Å². The van der Waals surface area contributed by atoms with Gasteiger partial charge in [-0.25, -0.2) is 8.42 Å². The van der Waals surface area contributed by atoms with Crippen molar-refractivity contribution in [1.29, 1.82) is 0 Å². The molecule has 110 valence electrons. The van der Waals surface area contributed by atoms with Gasteiger partial charge in [-0.2, -0.15) is 13.2 Å². The summed E-state index contributed by atoms with van der Waals surface area (Å²) >= 11 is 0. The van der Waals surface area contributed by atoms with E-state index in [0.717, 1.165) is 17.5 Å². The molecule has 0 aliphatic carbocycles. The van der Waals surface area contributed by atoms with Gasteiger partial charge in [-0.1, -0.05) is 30.3 Å². The number of hydrogen-bond donors (Lipinski definition) is 0. The van der Waals surface area contributed by atoms with Gasteiger partial charge in [0.1, 0.15) is 0 Å². The highest BCUT2D eigenvalue weighted by molar-refractivity contribution is 7.94. The molecular formula is C15H11F3O2S. The average Bonchev–Trinajstić information content (AvgIpc) is 2.46. The number of benzene rings is 2. The molecule has 0 aliphatic rings. The Morgan fingerprint density at radius 3 is 1.95 bits per heavy atom. The van der Waals surface area contributed by atoms with Gasteiger partial charge in [-0.3, -0.25) is 0 Å². The zero-order chi connectivity index (χ0) is 15.5. The molecule has 0 amide bonds. The summed E-state index contributed by atoms with van der Waals surface area (Å²) in [5.74, 6) is 0. The average molecular weight is 312 g/mol. The van der Waals surface area contributed by atoms with Crippen LogP contribution in [0, 0.1) is 0 Å². The fourth-order valence-corrected chi connectivity index (χ4v) is 2.67. The fourth-order valence-electron chi connectivity index (χ4n) is 1.64. The lowest BCUT2D eigenvalue weighted by Gasteiger charge is -2.05. The van der Waals surface area contributed by atoms with Crippen molar-refractivity contribution in [3.8, 4) is 0 Å². The lowest BCUT2D eigenvalue weighted by molar-refractivity contribution is -0.137. The van der Waals surface area contributed by atoms with Crippen LogP contribution in [-0.2, 0) is 16.0 Å². The Hall–Kier alpha value is -2.08. The van der Waals surface area contributed by atoms with E-state index in [4.69, 9.17) is 0 Å². The molecule has 2 nitrogen and oxygen atoms in total. The summed E-state index contributed by atoms with van der Waals surface area (Å²) in [6.45, 7) is 0. The first-order valence-electron chi connectivity index (χ1n) is 5.94. The van der Waals surface area contributed by atoms with Crippen LogP contribution in [0.5, 0.6) is 0 Å². The highest BCUT2D eigenvalue weighted by Gasteiger charge is 2.29. The van der Waals surface area contributed by atoms with Crippen molar-refractivity contribution in [1.82, 2.24) is 0 Å². The number of sulfone groups is 1. The fraction of sp³-hybridized carbons (Fsp3) is 0.0667. The van der Waals surface area contributed by atoms with Crippen LogP contribution in [0.15, 0.2) is 64.9 Å². The minimum absolute atomic E-state index is 0.133. The van der Waals surface area contributed by atoms with Crippen LogP contribution in [0.1, 0.15) is 11.1 Å². The summed E-state index contributed by atoms with van der Waals surface area (Å²) in [7, 11) is -3.60. The first-order chi connectivity index (χ1) is 9.79. The second kappa shape index (κ2) is 5.73. The van der Waals surface area contributed by atoms with Crippen LogP contribution in [0.25, 0.3) is 6.08 Å². The molecule has 0 bridgehead atoms. The Kier molecular flexibility index (Phi) is 4.18. The molecule has 0 N–H and O–H groups in total. The van der Waals surface area contributed by atoms with Gasteiger partial charge >= 0.3 is 6.18 Å². The van der Waals surface area contributed by atoms with E-state index in [-0.39, 0.29) is 4.90 Å². The van der Waals surface area contributed by atoms with Crippen molar-refractivity contribution >= 4 is 15.9 Å². The molecule has 2 aromatic carbocycles. The Morgan fingerprint density at radius 2 is 1.43 bits per heavy atom. The van der Waals surface area contributed by atoms with Crippen LogP contribution in [0.3, 0.4) is 0 Å². The van der Waals surface area contributed by atoms with Gasteiger partial charge in [0.2, 0.25) is 0 Å². The molecule has 0 atom stereocenters. The van der Waals surface area contributed by atoms with E-state index in [1.54, 1.807) is 18.2 Å². The van der Waals surface area contributed by atoms with E-state index in [9.17, 15) is 21.6 Å². The van der Waals surface area contributed by atoms with Crippen LogP contribution >= 0.6 is 0 Å². The van der Waals surface area contributed by atoms with Gasteiger partial charge in [-0.15, -0.1) is 0 Å². The molecule has 0 saturated carbocycles. The van der Waals surface area contributed by atoms with Crippen LogP contribution in [0.4, 0.5) is 13.2 Å². The zero-order valence-corrected chi connectivity index (χ0v) is 11.5. The summed E-state index contributed by atoms with van der Waals surface area (Å²) in [4.78, 5) is 0.133. The molecule has 21 heavy (non-hydrogen) atoms. The molecular weight excluding hydrogens is 301 g/mol. The summed E-state index contributed by atoms with van der Waals surface area (Å²) in [5, 5.41) is 0.977. The molecule has 0 unspecified atom stereocenters. The number of alkyl halides is 3. The van der Waals surface area contributed by atoms with Gasteiger partial charge in [0.05, 0.1) is 10.5 Å². The van der Waals surface area contributed by atoms with E-state index in [1.807, 2.05) is 0 Å². The standard InChI is InChI=1S/C15H11F3O2S/c16-15(17,18)13-8-6-12(7-9-13)10-11-21(19,20)14-4-2-1-3-5-14/h1-11H/b11-10+. The predicted molar refractivity (Wildman–Crippen MR) is 74.1 cm³/mol. The molecule has 0 saturated heterocycles.